The zero-order valence-electron chi connectivity index (χ0n) is 19.7. The topological polar surface area (TPSA) is 93.0 Å². The first-order valence-corrected chi connectivity index (χ1v) is 13.3. The van der Waals surface area contributed by atoms with E-state index in [2.05, 4.69) is 10.5 Å². The van der Waals surface area contributed by atoms with E-state index in [0.717, 1.165) is 33.2 Å². The number of anilines is 1. The van der Waals surface area contributed by atoms with Crippen LogP contribution >= 0.6 is 23.2 Å². The van der Waals surface area contributed by atoms with Crippen LogP contribution in [0.25, 0.3) is 5.69 Å². The van der Waals surface area contributed by atoms with Crippen molar-refractivity contribution < 1.29 is 17.9 Å². The second-order valence-electron chi connectivity index (χ2n) is 7.75. The van der Waals surface area contributed by atoms with Crippen LogP contribution in [0.1, 0.15) is 23.9 Å². The Labute approximate surface area is 215 Å². The van der Waals surface area contributed by atoms with Crippen LogP contribution in [0.2, 0.25) is 10.0 Å². The number of carbonyl (C=O) groups excluding carboxylic acids is 1. The number of halogens is 2. The van der Waals surface area contributed by atoms with Crippen molar-refractivity contribution in [2.24, 2.45) is 5.10 Å². The first-order valence-electron chi connectivity index (χ1n) is 10.7. The molecule has 8 nitrogen and oxygen atoms in total. The molecule has 0 saturated carbocycles. The maximum atomic E-state index is 12.5. The Kier molecular flexibility index (Phi) is 8.47. The van der Waals surface area contributed by atoms with Crippen LogP contribution < -0.4 is 14.5 Å². The highest BCUT2D eigenvalue weighted by Crippen LogP contribution is 2.27. The molecule has 3 aromatic rings. The van der Waals surface area contributed by atoms with Crippen LogP contribution in [-0.4, -0.2) is 44.5 Å². The molecule has 0 bridgehead atoms. The van der Waals surface area contributed by atoms with Gasteiger partial charge in [0, 0.05) is 22.6 Å². The van der Waals surface area contributed by atoms with Gasteiger partial charge < -0.3 is 9.30 Å². The average Bonchev–Trinajstić information content (AvgIpc) is 3.07. The fourth-order valence-electron chi connectivity index (χ4n) is 3.55. The maximum absolute atomic E-state index is 12.5. The summed E-state index contributed by atoms with van der Waals surface area (Å²) in [7, 11) is -3.71. The Morgan fingerprint density at radius 2 is 1.80 bits per heavy atom. The van der Waals surface area contributed by atoms with Gasteiger partial charge >= 0.3 is 0 Å². The molecule has 35 heavy (non-hydrogen) atoms. The lowest BCUT2D eigenvalue weighted by Gasteiger charge is -2.21. The molecule has 0 aliphatic heterocycles. The monoisotopic (exact) mass is 536 g/mol. The van der Waals surface area contributed by atoms with Crippen molar-refractivity contribution in [3.63, 3.8) is 0 Å². The lowest BCUT2D eigenvalue weighted by Crippen LogP contribution is -2.39. The summed E-state index contributed by atoms with van der Waals surface area (Å²) in [6, 6.07) is 13.7. The fraction of sp³-hybridized carbons (Fsp3) is 0.250. The molecule has 0 radical (unpaired) electrons. The SMILES string of the molecule is CCOc1ccc(N(CC(=O)N/N=C/c2cc(C)n(-c3ccc(Cl)c(Cl)c3)c2C)S(C)(=O)=O)cc1. The molecule has 11 heteroatoms. The number of benzene rings is 2. The van der Waals surface area contributed by atoms with Gasteiger partial charge in [0.1, 0.15) is 12.3 Å². The molecule has 0 atom stereocenters. The van der Waals surface area contributed by atoms with Crippen LogP contribution in [0, 0.1) is 13.8 Å². The predicted molar refractivity (Wildman–Crippen MR) is 141 cm³/mol. The highest BCUT2D eigenvalue weighted by atomic mass is 35.5. The summed E-state index contributed by atoms with van der Waals surface area (Å²) in [6.07, 6.45) is 2.55. The number of carbonyl (C=O) groups is 1. The first kappa shape index (κ1) is 26.6. The zero-order chi connectivity index (χ0) is 25.8. The first-order chi connectivity index (χ1) is 16.5. The van der Waals surface area contributed by atoms with E-state index in [1.54, 1.807) is 36.4 Å². The molecule has 0 spiro atoms. The lowest BCUT2D eigenvalue weighted by atomic mass is 10.2. The number of aromatic nitrogens is 1. The second-order valence-corrected chi connectivity index (χ2v) is 10.5. The van der Waals surface area contributed by atoms with Gasteiger partial charge in [-0.3, -0.25) is 9.10 Å². The highest BCUT2D eigenvalue weighted by molar-refractivity contribution is 7.92. The number of hydrogen-bond acceptors (Lipinski definition) is 5. The van der Waals surface area contributed by atoms with Crippen molar-refractivity contribution in [2.45, 2.75) is 20.8 Å². The number of hydrogen-bond donors (Lipinski definition) is 1. The predicted octanol–water partition coefficient (Wildman–Crippen LogP) is 4.72. The molecule has 1 amide bonds. The van der Waals surface area contributed by atoms with Crippen molar-refractivity contribution in [3.05, 3.63) is 75.5 Å². The van der Waals surface area contributed by atoms with Crippen LogP contribution in [0.3, 0.4) is 0 Å². The number of amides is 1. The van der Waals surface area contributed by atoms with Gasteiger partial charge in [-0.15, -0.1) is 0 Å². The lowest BCUT2D eigenvalue weighted by molar-refractivity contribution is -0.119. The van der Waals surface area contributed by atoms with Crippen LogP contribution in [-0.2, 0) is 14.8 Å². The third-order valence-corrected chi connectivity index (χ3v) is 7.03. The summed E-state index contributed by atoms with van der Waals surface area (Å²) >= 11 is 12.2. The highest BCUT2D eigenvalue weighted by Gasteiger charge is 2.21. The van der Waals surface area contributed by atoms with Gasteiger partial charge in [-0.05, 0) is 69.3 Å². The number of sulfonamides is 1. The normalized spacial score (nSPS) is 11.6. The van der Waals surface area contributed by atoms with Crippen LogP contribution in [0.5, 0.6) is 5.75 Å². The summed E-state index contributed by atoms with van der Waals surface area (Å²) in [5.41, 5.74) is 6.19. The van der Waals surface area contributed by atoms with Crippen molar-refractivity contribution >= 4 is 51.0 Å². The molecule has 0 saturated heterocycles. The number of aryl methyl sites for hydroxylation is 1. The van der Waals surface area contributed by atoms with Gasteiger partial charge in [0.2, 0.25) is 10.0 Å². The van der Waals surface area contributed by atoms with E-state index in [4.69, 9.17) is 27.9 Å². The minimum absolute atomic E-state index is 0.347. The minimum Gasteiger partial charge on any atom is -0.494 e. The summed E-state index contributed by atoms with van der Waals surface area (Å²) in [5.74, 6) is 0.0241. The molecule has 186 valence electrons. The fourth-order valence-corrected chi connectivity index (χ4v) is 4.70. The maximum Gasteiger partial charge on any atom is 0.260 e. The van der Waals surface area contributed by atoms with Gasteiger partial charge in [-0.1, -0.05) is 23.2 Å². The third kappa shape index (κ3) is 6.56. The number of hydrazone groups is 1. The number of ether oxygens (including phenoxy) is 1. The Balaban J connectivity index is 1.73. The van der Waals surface area contributed by atoms with E-state index in [-0.39, 0.29) is 0 Å². The Bertz CT molecular complexity index is 1350. The third-order valence-electron chi connectivity index (χ3n) is 5.15. The van der Waals surface area contributed by atoms with Crippen LogP contribution in [0.15, 0.2) is 53.6 Å². The van der Waals surface area contributed by atoms with E-state index in [1.165, 1.54) is 6.21 Å². The number of nitrogens with zero attached hydrogens (tertiary/aromatic N) is 3. The van der Waals surface area contributed by atoms with Crippen LogP contribution in [0.4, 0.5) is 5.69 Å². The van der Waals surface area contributed by atoms with Gasteiger partial charge in [-0.2, -0.15) is 5.10 Å². The molecular weight excluding hydrogens is 511 g/mol. The largest absolute Gasteiger partial charge is 0.494 e. The smallest absolute Gasteiger partial charge is 0.260 e. The molecule has 3 rings (SSSR count). The standard InChI is InChI=1S/C24H26Cl2N4O4S/c1-5-34-21-9-6-19(7-10-21)29(35(4,32)33)15-24(31)28-27-14-18-12-16(2)30(17(18)3)20-8-11-22(25)23(26)13-20/h6-14H,5,15H2,1-4H3,(H,28,31)/b27-14+. The van der Waals surface area contributed by atoms with E-state index < -0.39 is 22.5 Å². The molecule has 0 unspecified atom stereocenters. The van der Waals surface area contributed by atoms with E-state index in [1.807, 2.05) is 37.5 Å². The second kappa shape index (κ2) is 11.2. The zero-order valence-corrected chi connectivity index (χ0v) is 22.1. The molecular formula is C24H26Cl2N4O4S. The summed E-state index contributed by atoms with van der Waals surface area (Å²) < 4.78 is 33.0. The van der Waals surface area contributed by atoms with E-state index >= 15 is 0 Å². The van der Waals surface area contributed by atoms with E-state index in [0.29, 0.717) is 28.1 Å². The summed E-state index contributed by atoms with van der Waals surface area (Å²) in [4.78, 5) is 12.5. The van der Waals surface area contributed by atoms with Crippen molar-refractivity contribution in [3.8, 4) is 11.4 Å². The molecule has 1 heterocycles. The molecule has 1 N–H and O–H groups in total. The quantitative estimate of drug-likeness (QED) is 0.316. The van der Waals surface area contributed by atoms with Gasteiger partial charge in [0.05, 0.1) is 34.8 Å². The Morgan fingerprint density at radius 1 is 1.11 bits per heavy atom. The summed E-state index contributed by atoms with van der Waals surface area (Å²) in [5, 5.41) is 4.94. The number of rotatable bonds is 9. The van der Waals surface area contributed by atoms with Gasteiger partial charge in [0.15, 0.2) is 0 Å². The van der Waals surface area contributed by atoms with Gasteiger partial charge in [0.25, 0.3) is 5.91 Å². The Hall–Kier alpha value is -3.01. The molecule has 0 aliphatic rings. The minimum atomic E-state index is -3.71. The number of nitrogens with one attached hydrogen (secondary N) is 1. The molecule has 0 fully saturated rings. The van der Waals surface area contributed by atoms with Crippen molar-refractivity contribution in [1.82, 2.24) is 9.99 Å². The van der Waals surface area contributed by atoms with Gasteiger partial charge in [-0.25, -0.2) is 13.8 Å². The van der Waals surface area contributed by atoms with E-state index in [9.17, 15) is 13.2 Å². The Morgan fingerprint density at radius 3 is 2.40 bits per heavy atom. The average molecular weight is 537 g/mol. The summed E-state index contributed by atoms with van der Waals surface area (Å²) in [6.45, 7) is 5.77. The van der Waals surface area contributed by atoms with Crippen molar-refractivity contribution in [1.29, 1.82) is 0 Å². The molecule has 1 aromatic heterocycles. The molecule has 0 aliphatic carbocycles. The molecule has 2 aromatic carbocycles. The van der Waals surface area contributed by atoms with Crippen molar-refractivity contribution in [2.75, 3.05) is 23.7 Å².